The number of carbonyl (C=O) groups excluding carboxylic acids is 1. The second-order valence-electron chi connectivity index (χ2n) is 6.84. The fourth-order valence-electron chi connectivity index (χ4n) is 3.04. The number of quaternary nitrogens is 1. The monoisotopic (exact) mass is 322 g/mol. The molecule has 3 aliphatic rings. The van der Waals surface area contributed by atoms with Gasteiger partial charge < -0.3 is 14.4 Å². The van der Waals surface area contributed by atoms with Crippen LogP contribution in [0.1, 0.15) is 43.5 Å². The van der Waals surface area contributed by atoms with Crippen LogP contribution in [0.25, 0.3) is 0 Å². The average Bonchev–Trinajstić information content (AvgIpc) is 3.44. The lowest BCUT2D eigenvalue weighted by Crippen LogP contribution is -3.12. The number of rotatable bonds is 5. The van der Waals surface area contributed by atoms with E-state index in [-0.39, 0.29) is 5.91 Å². The van der Waals surface area contributed by atoms with Crippen molar-refractivity contribution in [2.45, 2.75) is 42.8 Å². The third-order valence-corrected chi connectivity index (χ3v) is 5.77. The van der Waals surface area contributed by atoms with E-state index in [9.17, 15) is 4.79 Å². The second-order valence-corrected chi connectivity index (χ2v) is 7.79. The van der Waals surface area contributed by atoms with Crippen LogP contribution < -0.4 is 4.90 Å². The van der Waals surface area contributed by atoms with E-state index in [0.29, 0.717) is 17.7 Å². The molecule has 2 saturated carbocycles. The van der Waals surface area contributed by atoms with Crippen molar-refractivity contribution in [2.75, 3.05) is 39.0 Å². The van der Waals surface area contributed by atoms with Gasteiger partial charge in [0.1, 0.15) is 5.82 Å². The summed E-state index contributed by atoms with van der Waals surface area (Å²) in [6.07, 6.45) is 4.97. The zero-order chi connectivity index (χ0) is 15.1. The molecule has 0 atom stereocenters. The van der Waals surface area contributed by atoms with Crippen molar-refractivity contribution in [1.29, 1.82) is 0 Å². The topological polar surface area (TPSA) is 55.5 Å². The Morgan fingerprint density at radius 1 is 1.23 bits per heavy atom. The number of likely N-dealkylation sites (N-methyl/N-ethyl adjacent to an activating group) is 1. The predicted molar refractivity (Wildman–Crippen MR) is 84.2 cm³/mol. The summed E-state index contributed by atoms with van der Waals surface area (Å²) in [6.45, 7) is 3.88. The van der Waals surface area contributed by atoms with Gasteiger partial charge >= 0.3 is 0 Å². The quantitative estimate of drug-likeness (QED) is 0.772. The van der Waals surface area contributed by atoms with Crippen LogP contribution in [0.3, 0.4) is 0 Å². The van der Waals surface area contributed by atoms with Gasteiger partial charge in [0.05, 0.1) is 39.0 Å². The van der Waals surface area contributed by atoms with Gasteiger partial charge in [-0.3, -0.25) is 4.79 Å². The number of amides is 1. The summed E-state index contributed by atoms with van der Waals surface area (Å²) < 4.78 is 2.32. The first-order valence-corrected chi connectivity index (χ1v) is 9.37. The predicted octanol–water partition coefficient (Wildman–Crippen LogP) is -0.0606. The third kappa shape index (κ3) is 3.01. The minimum atomic E-state index is 0.246. The van der Waals surface area contributed by atoms with Gasteiger partial charge in [0.25, 0.3) is 0 Å². The number of piperazine rings is 1. The highest BCUT2D eigenvalue weighted by atomic mass is 32.2. The van der Waals surface area contributed by atoms with Crippen LogP contribution in [0, 0.1) is 0 Å². The van der Waals surface area contributed by atoms with Gasteiger partial charge in [0, 0.05) is 12.0 Å². The summed E-state index contributed by atoms with van der Waals surface area (Å²) in [5.41, 5.74) is 0. The van der Waals surface area contributed by atoms with E-state index < -0.39 is 0 Å². The number of carbonyl (C=O) groups is 1. The van der Waals surface area contributed by atoms with Gasteiger partial charge in [-0.15, -0.1) is 10.2 Å². The highest BCUT2D eigenvalue weighted by Gasteiger charge is 2.36. The van der Waals surface area contributed by atoms with Crippen LogP contribution in [0.5, 0.6) is 0 Å². The van der Waals surface area contributed by atoms with Crippen molar-refractivity contribution >= 4 is 17.7 Å². The summed E-state index contributed by atoms with van der Waals surface area (Å²) in [4.78, 5) is 15.9. The van der Waals surface area contributed by atoms with E-state index >= 15 is 0 Å². The van der Waals surface area contributed by atoms with Gasteiger partial charge in [0.2, 0.25) is 5.91 Å². The van der Waals surface area contributed by atoms with Crippen LogP contribution in [-0.2, 0) is 4.79 Å². The Labute approximate surface area is 135 Å². The van der Waals surface area contributed by atoms with Crippen LogP contribution >= 0.6 is 11.8 Å². The molecule has 0 spiro atoms. The Balaban J connectivity index is 1.38. The highest BCUT2D eigenvalue weighted by molar-refractivity contribution is 7.99. The summed E-state index contributed by atoms with van der Waals surface area (Å²) in [6, 6.07) is 0.593. The molecular formula is C15H24N5OS+. The Hall–Kier alpha value is -1.08. The number of hydrogen-bond donors (Lipinski definition) is 1. The molecule has 4 rings (SSSR count). The fraction of sp³-hybridized carbons (Fsp3) is 0.800. The summed E-state index contributed by atoms with van der Waals surface area (Å²) in [5.74, 6) is 2.53. The van der Waals surface area contributed by atoms with Crippen molar-refractivity contribution in [3.05, 3.63) is 5.82 Å². The molecule has 22 heavy (non-hydrogen) atoms. The molecule has 7 heteroatoms. The molecule has 1 aromatic rings. The maximum Gasteiger partial charge on any atom is 0.233 e. The molecule has 2 aliphatic carbocycles. The summed E-state index contributed by atoms with van der Waals surface area (Å²) in [7, 11) is 2.19. The molecule has 3 fully saturated rings. The van der Waals surface area contributed by atoms with Crippen molar-refractivity contribution < 1.29 is 9.69 Å². The standard InChI is InChI=1S/C15H23N5OS/c1-18-6-8-19(9-7-18)13(21)10-22-15-17-16-14(11-2-3-11)20(15)12-4-5-12/h11-12H,2-10H2,1H3/p+1. The molecule has 1 aromatic heterocycles. The molecule has 0 unspecified atom stereocenters. The van der Waals surface area contributed by atoms with Crippen molar-refractivity contribution in [2.24, 2.45) is 0 Å². The number of thioether (sulfide) groups is 1. The van der Waals surface area contributed by atoms with E-state index in [4.69, 9.17) is 0 Å². The third-order valence-electron chi connectivity index (χ3n) is 4.84. The highest BCUT2D eigenvalue weighted by Crippen LogP contribution is 2.45. The SMILES string of the molecule is C[NH+]1CCN(C(=O)CSc2nnc(C3CC3)n2C2CC2)CC1. The molecule has 1 amide bonds. The smallest absolute Gasteiger partial charge is 0.233 e. The Morgan fingerprint density at radius 2 is 1.95 bits per heavy atom. The lowest BCUT2D eigenvalue weighted by atomic mass is 10.3. The minimum Gasteiger partial charge on any atom is -0.334 e. The lowest BCUT2D eigenvalue weighted by molar-refractivity contribution is -0.883. The molecule has 0 aromatic carbocycles. The lowest BCUT2D eigenvalue weighted by Gasteiger charge is -2.29. The molecule has 6 nitrogen and oxygen atoms in total. The van der Waals surface area contributed by atoms with Crippen molar-refractivity contribution in [3.63, 3.8) is 0 Å². The van der Waals surface area contributed by atoms with E-state index in [2.05, 4.69) is 21.8 Å². The maximum atomic E-state index is 12.4. The fourth-order valence-corrected chi connectivity index (χ4v) is 3.95. The Morgan fingerprint density at radius 3 is 2.59 bits per heavy atom. The normalized spacial score (nSPS) is 23.0. The largest absolute Gasteiger partial charge is 0.334 e. The van der Waals surface area contributed by atoms with E-state index in [0.717, 1.165) is 31.3 Å². The molecule has 1 aliphatic heterocycles. The van der Waals surface area contributed by atoms with Crippen LogP contribution in [0.2, 0.25) is 0 Å². The van der Waals surface area contributed by atoms with Gasteiger partial charge in [-0.2, -0.15) is 0 Å². The number of nitrogens with zero attached hydrogens (tertiary/aromatic N) is 4. The zero-order valence-electron chi connectivity index (χ0n) is 13.1. The molecule has 1 N–H and O–H groups in total. The maximum absolute atomic E-state index is 12.4. The van der Waals surface area contributed by atoms with Gasteiger partial charge in [-0.25, -0.2) is 0 Å². The summed E-state index contributed by atoms with van der Waals surface area (Å²) >= 11 is 1.58. The molecule has 120 valence electrons. The van der Waals surface area contributed by atoms with Gasteiger partial charge in [-0.1, -0.05) is 11.8 Å². The van der Waals surface area contributed by atoms with Crippen molar-refractivity contribution in [3.8, 4) is 0 Å². The van der Waals surface area contributed by atoms with E-state index in [1.165, 1.54) is 36.4 Å². The first-order valence-electron chi connectivity index (χ1n) is 8.39. The number of hydrogen-bond acceptors (Lipinski definition) is 4. The van der Waals surface area contributed by atoms with E-state index in [1.54, 1.807) is 11.8 Å². The van der Waals surface area contributed by atoms with Crippen LogP contribution in [0.4, 0.5) is 0 Å². The second kappa shape index (κ2) is 5.85. The van der Waals surface area contributed by atoms with Gasteiger partial charge in [0.15, 0.2) is 5.16 Å². The average molecular weight is 322 g/mol. The van der Waals surface area contributed by atoms with Crippen molar-refractivity contribution in [1.82, 2.24) is 19.7 Å². The summed E-state index contributed by atoms with van der Waals surface area (Å²) in [5, 5.41) is 9.73. The molecule has 0 bridgehead atoms. The zero-order valence-corrected chi connectivity index (χ0v) is 13.9. The minimum absolute atomic E-state index is 0.246. The number of aromatic nitrogens is 3. The first kappa shape index (κ1) is 14.5. The molecule has 0 radical (unpaired) electrons. The Kier molecular flexibility index (Phi) is 3.86. The number of nitrogens with one attached hydrogen (secondary N) is 1. The first-order chi connectivity index (χ1) is 10.7. The van der Waals surface area contributed by atoms with Crippen LogP contribution in [0.15, 0.2) is 5.16 Å². The molecule has 1 saturated heterocycles. The molecular weight excluding hydrogens is 298 g/mol. The Bertz CT molecular complexity index is 558. The van der Waals surface area contributed by atoms with Crippen LogP contribution in [-0.4, -0.2) is 64.6 Å². The van der Waals surface area contributed by atoms with E-state index in [1.807, 2.05) is 4.90 Å². The van der Waals surface area contributed by atoms with Gasteiger partial charge in [-0.05, 0) is 25.7 Å². The molecule has 2 heterocycles.